The molecule has 0 fully saturated rings. The van der Waals surface area contributed by atoms with Gasteiger partial charge in [-0.25, -0.2) is 9.52 Å². The molecule has 0 atom stereocenters. The van der Waals surface area contributed by atoms with E-state index in [9.17, 15) is 13.2 Å². The largest absolute Gasteiger partial charge is 0.452 e. The smallest absolute Gasteiger partial charge is 0.422 e. The zero-order valence-electron chi connectivity index (χ0n) is 10.1. The van der Waals surface area contributed by atoms with Gasteiger partial charge in [0.15, 0.2) is 0 Å². The van der Waals surface area contributed by atoms with Crippen LogP contribution in [-0.2, 0) is 14.9 Å². The lowest BCUT2D eigenvalue weighted by atomic mass is 10.2. The first-order valence-electron chi connectivity index (χ1n) is 5.14. The van der Waals surface area contributed by atoms with Crippen LogP contribution in [0.5, 0.6) is 0 Å². The second kappa shape index (κ2) is 6.63. The minimum absolute atomic E-state index is 0.208. The molecule has 0 saturated carbocycles. The third-order valence-electron chi connectivity index (χ3n) is 1.85. The van der Waals surface area contributed by atoms with Gasteiger partial charge in [-0.3, -0.25) is 4.72 Å². The first-order valence-corrected chi connectivity index (χ1v) is 6.62. The number of carbonyl (C=O) groups is 1. The van der Waals surface area contributed by atoms with Gasteiger partial charge in [-0.15, -0.1) is 0 Å². The molecule has 0 aromatic heterocycles. The van der Waals surface area contributed by atoms with E-state index in [4.69, 9.17) is 5.73 Å². The van der Waals surface area contributed by atoms with Crippen LogP contribution in [0, 0.1) is 11.8 Å². The molecule has 1 aromatic rings. The van der Waals surface area contributed by atoms with E-state index in [1.165, 1.54) is 12.1 Å². The van der Waals surface area contributed by atoms with Gasteiger partial charge in [0.1, 0.15) is 0 Å². The van der Waals surface area contributed by atoms with Crippen LogP contribution in [-0.4, -0.2) is 28.2 Å². The number of nitrogens with two attached hydrogens (primary N) is 1. The van der Waals surface area contributed by atoms with Crippen LogP contribution in [0.1, 0.15) is 5.56 Å². The summed E-state index contributed by atoms with van der Waals surface area (Å²) in [6.45, 7) is 0.208. The van der Waals surface area contributed by atoms with Crippen molar-refractivity contribution in [2.24, 2.45) is 5.73 Å². The number of carbonyl (C=O) groups excluding carboxylic acids is 1. The summed E-state index contributed by atoms with van der Waals surface area (Å²) in [7, 11) is -2.97. The summed E-state index contributed by atoms with van der Waals surface area (Å²) in [5.74, 6) is 5.41. The molecule has 0 unspecified atom stereocenters. The summed E-state index contributed by atoms with van der Waals surface area (Å²) in [6.07, 6.45) is -1.08. The molecule has 1 aromatic carbocycles. The van der Waals surface area contributed by atoms with E-state index in [0.717, 1.165) is 7.11 Å². The number of methoxy groups -OCH3 is 1. The highest BCUT2D eigenvalue weighted by Gasteiger charge is 2.14. The van der Waals surface area contributed by atoms with Gasteiger partial charge >= 0.3 is 16.3 Å². The quantitative estimate of drug-likeness (QED) is 0.677. The van der Waals surface area contributed by atoms with Gasteiger partial charge in [0.2, 0.25) is 0 Å². The molecule has 4 N–H and O–H groups in total. The minimum Gasteiger partial charge on any atom is -0.452 e. The zero-order valence-corrected chi connectivity index (χ0v) is 11.0. The summed E-state index contributed by atoms with van der Waals surface area (Å²) in [5, 5.41) is 0. The number of anilines is 1. The van der Waals surface area contributed by atoms with E-state index in [1.807, 2.05) is 0 Å². The standard InChI is InChI=1S/C11H13N3O4S/c1-18-11(15)14-19(16,17)13-10-6-2-4-9(8-10)5-3-7-12/h2,4,6,8,13H,7,12H2,1H3,(H,14,15). The van der Waals surface area contributed by atoms with Crippen LogP contribution >= 0.6 is 0 Å². The van der Waals surface area contributed by atoms with Crippen molar-refractivity contribution in [1.29, 1.82) is 0 Å². The molecular formula is C11H13N3O4S. The fourth-order valence-corrected chi connectivity index (χ4v) is 1.94. The van der Waals surface area contributed by atoms with Gasteiger partial charge in [-0.05, 0) is 18.2 Å². The van der Waals surface area contributed by atoms with Gasteiger partial charge in [0, 0.05) is 5.56 Å². The van der Waals surface area contributed by atoms with Crippen LogP contribution < -0.4 is 15.2 Å². The summed E-state index contributed by atoms with van der Waals surface area (Å²) in [5.41, 5.74) is 6.10. The van der Waals surface area contributed by atoms with Crippen molar-refractivity contribution in [3.8, 4) is 11.8 Å². The van der Waals surface area contributed by atoms with E-state index in [1.54, 1.807) is 16.9 Å². The highest BCUT2D eigenvalue weighted by molar-refractivity contribution is 7.91. The Kier molecular flexibility index (Phi) is 5.17. The van der Waals surface area contributed by atoms with Crippen LogP contribution in [0.3, 0.4) is 0 Å². The highest BCUT2D eigenvalue weighted by atomic mass is 32.2. The van der Waals surface area contributed by atoms with Crippen molar-refractivity contribution >= 4 is 22.0 Å². The third kappa shape index (κ3) is 5.29. The van der Waals surface area contributed by atoms with Crippen LogP contribution in [0.25, 0.3) is 0 Å². The van der Waals surface area contributed by atoms with Crippen molar-refractivity contribution in [2.75, 3.05) is 18.4 Å². The van der Waals surface area contributed by atoms with Crippen LogP contribution in [0.2, 0.25) is 0 Å². The lowest BCUT2D eigenvalue weighted by Gasteiger charge is -2.08. The number of nitrogens with one attached hydrogen (secondary N) is 2. The van der Waals surface area contributed by atoms with Gasteiger partial charge in [-0.1, -0.05) is 17.9 Å². The summed E-state index contributed by atoms with van der Waals surface area (Å²) >= 11 is 0. The first-order chi connectivity index (χ1) is 8.96. The molecule has 0 radical (unpaired) electrons. The Hall–Kier alpha value is -2.24. The van der Waals surface area contributed by atoms with E-state index in [0.29, 0.717) is 5.56 Å². The first kappa shape index (κ1) is 14.8. The maximum Gasteiger partial charge on any atom is 0.422 e. The van der Waals surface area contributed by atoms with E-state index in [2.05, 4.69) is 21.3 Å². The minimum atomic E-state index is -4.03. The molecule has 0 bridgehead atoms. The average Bonchev–Trinajstić information content (AvgIpc) is 2.35. The molecule has 0 aliphatic rings. The third-order valence-corrected chi connectivity index (χ3v) is 2.79. The number of hydrogen-bond donors (Lipinski definition) is 3. The Balaban J connectivity index is 2.85. The van der Waals surface area contributed by atoms with E-state index < -0.39 is 16.3 Å². The molecule has 1 amide bonds. The maximum atomic E-state index is 11.5. The van der Waals surface area contributed by atoms with Gasteiger partial charge < -0.3 is 10.5 Å². The zero-order chi connectivity index (χ0) is 14.3. The molecule has 0 spiro atoms. The number of ether oxygens (including phenoxy) is 1. The highest BCUT2D eigenvalue weighted by Crippen LogP contribution is 2.11. The van der Waals surface area contributed by atoms with Crippen molar-refractivity contribution < 1.29 is 17.9 Å². The van der Waals surface area contributed by atoms with Crippen molar-refractivity contribution in [2.45, 2.75) is 0 Å². The van der Waals surface area contributed by atoms with Gasteiger partial charge in [-0.2, -0.15) is 8.42 Å². The second-order valence-corrected chi connectivity index (χ2v) is 4.70. The summed E-state index contributed by atoms with van der Waals surface area (Å²) < 4.78 is 31.0. The molecule has 1 rings (SSSR count). The SMILES string of the molecule is COC(=O)NS(=O)(=O)Nc1cccc(C#CCN)c1. The molecule has 7 nitrogen and oxygen atoms in total. The normalized spacial score (nSPS) is 10.0. The number of hydrogen-bond acceptors (Lipinski definition) is 5. The lowest BCUT2D eigenvalue weighted by molar-refractivity contribution is 0.177. The predicted octanol–water partition coefficient (Wildman–Crippen LogP) is 0.00950. The fraction of sp³-hybridized carbons (Fsp3) is 0.182. The molecule has 0 heterocycles. The predicted molar refractivity (Wildman–Crippen MR) is 70.5 cm³/mol. The topological polar surface area (TPSA) is 111 Å². The molecular weight excluding hydrogens is 270 g/mol. The number of amides is 1. The monoisotopic (exact) mass is 283 g/mol. The summed E-state index contributed by atoms with van der Waals surface area (Å²) in [4.78, 5) is 10.8. The molecule has 19 heavy (non-hydrogen) atoms. The van der Waals surface area contributed by atoms with Gasteiger partial charge in [0.05, 0.1) is 19.3 Å². The molecule has 0 saturated heterocycles. The fourth-order valence-electron chi connectivity index (χ4n) is 1.15. The van der Waals surface area contributed by atoms with Crippen LogP contribution in [0.15, 0.2) is 24.3 Å². The van der Waals surface area contributed by atoms with E-state index >= 15 is 0 Å². The van der Waals surface area contributed by atoms with Crippen LogP contribution in [0.4, 0.5) is 10.5 Å². The Morgan fingerprint density at radius 2 is 2.21 bits per heavy atom. The molecule has 0 aliphatic heterocycles. The lowest BCUT2D eigenvalue weighted by Crippen LogP contribution is -2.35. The molecule has 8 heteroatoms. The average molecular weight is 283 g/mol. The number of benzene rings is 1. The Bertz CT molecular complexity index is 616. The Morgan fingerprint density at radius 3 is 2.84 bits per heavy atom. The molecule has 0 aliphatic carbocycles. The summed E-state index contributed by atoms with van der Waals surface area (Å²) in [6, 6.07) is 6.36. The number of rotatable bonds is 3. The maximum absolute atomic E-state index is 11.5. The van der Waals surface area contributed by atoms with Crippen molar-refractivity contribution in [1.82, 2.24) is 4.72 Å². The molecule has 102 valence electrons. The van der Waals surface area contributed by atoms with Crippen molar-refractivity contribution in [3.63, 3.8) is 0 Å². The second-order valence-electron chi connectivity index (χ2n) is 3.29. The van der Waals surface area contributed by atoms with Gasteiger partial charge in [0.25, 0.3) is 0 Å². The van der Waals surface area contributed by atoms with Crippen molar-refractivity contribution in [3.05, 3.63) is 29.8 Å². The van der Waals surface area contributed by atoms with E-state index in [-0.39, 0.29) is 12.2 Å². The Morgan fingerprint density at radius 1 is 1.47 bits per heavy atom. The Labute approximate surface area is 111 Å².